The minimum Gasteiger partial charge on any atom is -0.508 e. The molecule has 0 spiro atoms. The van der Waals surface area contributed by atoms with Gasteiger partial charge in [0.1, 0.15) is 29.3 Å². The number of phenols is 1. The molecule has 8 nitrogen and oxygen atoms in total. The van der Waals surface area contributed by atoms with Crippen LogP contribution in [0.2, 0.25) is 0 Å². The van der Waals surface area contributed by atoms with Crippen molar-refractivity contribution >= 4 is 5.65 Å². The van der Waals surface area contributed by atoms with Crippen LogP contribution in [0, 0.1) is 0 Å². The number of nitrogens with zero attached hydrogens (tertiary/aromatic N) is 4. The van der Waals surface area contributed by atoms with E-state index in [-0.39, 0.29) is 11.7 Å². The van der Waals surface area contributed by atoms with Crippen LogP contribution in [0.15, 0.2) is 71.6 Å². The molecule has 6 rings (SSSR count). The third kappa shape index (κ3) is 2.72. The number of hydrogen-bond acceptors (Lipinski definition) is 7. The zero-order valence-corrected chi connectivity index (χ0v) is 16.4. The quantitative estimate of drug-likeness (QED) is 0.461. The van der Waals surface area contributed by atoms with E-state index in [2.05, 4.69) is 10.1 Å². The molecule has 31 heavy (non-hydrogen) atoms. The maximum Gasteiger partial charge on any atom is 0.228 e. The Balaban J connectivity index is 1.57. The molecule has 1 N–H and O–H groups in total. The number of hydrogen-bond donors (Lipinski definition) is 1. The molecule has 3 aromatic heterocycles. The number of ether oxygens (including phenoxy) is 2. The van der Waals surface area contributed by atoms with Crippen molar-refractivity contribution in [1.82, 2.24) is 19.6 Å². The lowest BCUT2D eigenvalue weighted by Gasteiger charge is -2.26. The molecule has 4 heterocycles. The average molecular weight is 412 g/mol. The second-order valence-corrected chi connectivity index (χ2v) is 7.17. The maximum absolute atomic E-state index is 9.93. The van der Waals surface area contributed by atoms with Crippen molar-refractivity contribution in [2.24, 2.45) is 0 Å². The third-order valence-electron chi connectivity index (χ3n) is 5.37. The standard InChI is InChI=1S/C23H16N4O4/c1-29-15-7-4-13(5-8-15)21-25-22-20-19(17-3-2-10-30-17)16-9-6-14(28)11-18(16)31-23(20)24-12-27(22)26-21/h2-12,19,28H,1H3. The van der Waals surface area contributed by atoms with Crippen molar-refractivity contribution in [2.75, 3.05) is 7.11 Å². The van der Waals surface area contributed by atoms with E-state index in [1.807, 2.05) is 42.5 Å². The minimum absolute atomic E-state index is 0.116. The van der Waals surface area contributed by atoms with Gasteiger partial charge in [-0.15, -0.1) is 5.10 Å². The molecule has 8 heteroatoms. The van der Waals surface area contributed by atoms with Crippen LogP contribution in [-0.4, -0.2) is 31.8 Å². The molecule has 1 aliphatic heterocycles. The van der Waals surface area contributed by atoms with E-state index in [9.17, 15) is 5.11 Å². The Bertz CT molecular complexity index is 1410. The molecule has 5 aromatic rings. The number of aromatic nitrogens is 4. The molecule has 152 valence electrons. The molecule has 2 aromatic carbocycles. The van der Waals surface area contributed by atoms with Crippen molar-refractivity contribution in [3.8, 4) is 34.5 Å². The lowest BCUT2D eigenvalue weighted by molar-refractivity contribution is 0.409. The zero-order chi connectivity index (χ0) is 20.9. The Labute approximate surface area is 176 Å². The third-order valence-corrected chi connectivity index (χ3v) is 5.37. The summed E-state index contributed by atoms with van der Waals surface area (Å²) < 4.78 is 18.7. The van der Waals surface area contributed by atoms with Gasteiger partial charge in [0.15, 0.2) is 11.5 Å². The maximum atomic E-state index is 9.93. The number of aromatic hydroxyl groups is 1. The number of phenolic OH excluding ortho intramolecular Hbond substituents is 1. The Morgan fingerprint density at radius 2 is 1.97 bits per heavy atom. The Hall–Kier alpha value is -4.33. The Kier molecular flexibility index (Phi) is 3.73. The predicted molar refractivity (Wildman–Crippen MR) is 111 cm³/mol. The van der Waals surface area contributed by atoms with Gasteiger partial charge in [0.05, 0.1) is 24.9 Å². The van der Waals surface area contributed by atoms with Gasteiger partial charge in [-0.05, 0) is 42.5 Å². The average Bonchev–Trinajstić information content (AvgIpc) is 3.47. The highest BCUT2D eigenvalue weighted by molar-refractivity contribution is 5.68. The Morgan fingerprint density at radius 3 is 2.74 bits per heavy atom. The number of benzene rings is 2. The summed E-state index contributed by atoms with van der Waals surface area (Å²) >= 11 is 0. The summed E-state index contributed by atoms with van der Waals surface area (Å²) in [6.45, 7) is 0. The molecular formula is C23H16N4O4. The second kappa shape index (κ2) is 6.60. The summed E-state index contributed by atoms with van der Waals surface area (Å²) in [4.78, 5) is 9.27. The molecule has 0 radical (unpaired) electrons. The number of rotatable bonds is 3. The largest absolute Gasteiger partial charge is 0.508 e. The fourth-order valence-electron chi connectivity index (χ4n) is 3.92. The van der Waals surface area contributed by atoms with E-state index < -0.39 is 0 Å². The van der Waals surface area contributed by atoms with Crippen molar-refractivity contribution in [1.29, 1.82) is 0 Å². The van der Waals surface area contributed by atoms with E-state index in [0.717, 1.165) is 28.2 Å². The summed E-state index contributed by atoms with van der Waals surface area (Å²) in [6.07, 6.45) is 3.20. The Morgan fingerprint density at radius 1 is 1.10 bits per heavy atom. The molecule has 0 saturated heterocycles. The van der Waals surface area contributed by atoms with E-state index in [0.29, 0.717) is 23.1 Å². The number of furan rings is 1. The number of fused-ring (bicyclic) bond motifs is 4. The molecule has 1 aliphatic rings. The molecule has 0 aliphatic carbocycles. The lowest BCUT2D eigenvalue weighted by Crippen LogP contribution is -2.14. The van der Waals surface area contributed by atoms with Gasteiger partial charge in [-0.3, -0.25) is 0 Å². The lowest BCUT2D eigenvalue weighted by atomic mass is 9.87. The summed E-state index contributed by atoms with van der Waals surface area (Å²) in [7, 11) is 1.63. The van der Waals surface area contributed by atoms with Gasteiger partial charge >= 0.3 is 0 Å². The van der Waals surface area contributed by atoms with Gasteiger partial charge in [0.25, 0.3) is 0 Å². The van der Waals surface area contributed by atoms with E-state index in [1.54, 1.807) is 36.3 Å². The van der Waals surface area contributed by atoms with Crippen LogP contribution in [0.5, 0.6) is 23.1 Å². The highest BCUT2D eigenvalue weighted by Crippen LogP contribution is 2.48. The predicted octanol–water partition coefficient (Wildman–Crippen LogP) is 4.38. The zero-order valence-electron chi connectivity index (χ0n) is 16.4. The SMILES string of the molecule is COc1ccc(-c2nc3c4c(ncn3n2)Oc2cc(O)ccc2C4c2ccco2)cc1. The van der Waals surface area contributed by atoms with Crippen LogP contribution < -0.4 is 9.47 Å². The fraction of sp³-hybridized carbons (Fsp3) is 0.0870. The van der Waals surface area contributed by atoms with E-state index in [4.69, 9.17) is 18.9 Å². The molecule has 1 unspecified atom stereocenters. The van der Waals surface area contributed by atoms with Gasteiger partial charge in [0.2, 0.25) is 5.88 Å². The van der Waals surface area contributed by atoms with Gasteiger partial charge in [-0.25, -0.2) is 14.5 Å². The van der Waals surface area contributed by atoms with Crippen LogP contribution in [0.4, 0.5) is 0 Å². The van der Waals surface area contributed by atoms with Crippen LogP contribution in [0.25, 0.3) is 17.0 Å². The molecule has 1 atom stereocenters. The first-order chi connectivity index (χ1) is 15.2. The molecule has 0 bridgehead atoms. The van der Waals surface area contributed by atoms with Crippen LogP contribution in [0.3, 0.4) is 0 Å². The first kappa shape index (κ1) is 17.5. The van der Waals surface area contributed by atoms with Gasteiger partial charge in [0, 0.05) is 17.2 Å². The molecule has 0 amide bonds. The summed E-state index contributed by atoms with van der Waals surface area (Å²) in [5.74, 6) is 2.79. The highest BCUT2D eigenvalue weighted by atomic mass is 16.5. The fourth-order valence-corrected chi connectivity index (χ4v) is 3.92. The van der Waals surface area contributed by atoms with Gasteiger partial charge in [-0.2, -0.15) is 0 Å². The summed E-state index contributed by atoms with van der Waals surface area (Å²) in [6, 6.07) is 16.3. The van der Waals surface area contributed by atoms with Crippen molar-refractivity contribution in [3.63, 3.8) is 0 Å². The first-order valence-corrected chi connectivity index (χ1v) is 9.65. The van der Waals surface area contributed by atoms with E-state index >= 15 is 0 Å². The number of methoxy groups -OCH3 is 1. The monoisotopic (exact) mass is 412 g/mol. The van der Waals surface area contributed by atoms with E-state index in [1.165, 1.54) is 0 Å². The van der Waals surface area contributed by atoms with Crippen molar-refractivity contribution in [3.05, 3.63) is 84.1 Å². The molecule has 0 fully saturated rings. The summed E-state index contributed by atoms with van der Waals surface area (Å²) in [5, 5.41) is 14.5. The first-order valence-electron chi connectivity index (χ1n) is 9.65. The van der Waals surface area contributed by atoms with Crippen LogP contribution in [0.1, 0.15) is 22.8 Å². The molecule has 0 saturated carbocycles. The van der Waals surface area contributed by atoms with Crippen LogP contribution in [-0.2, 0) is 0 Å². The topological polar surface area (TPSA) is 94.9 Å². The van der Waals surface area contributed by atoms with Crippen LogP contribution >= 0.6 is 0 Å². The minimum atomic E-state index is -0.307. The van der Waals surface area contributed by atoms with Gasteiger partial charge in [-0.1, -0.05) is 6.07 Å². The second-order valence-electron chi connectivity index (χ2n) is 7.17. The normalized spacial score (nSPS) is 14.7. The smallest absolute Gasteiger partial charge is 0.228 e. The van der Waals surface area contributed by atoms with Gasteiger partial charge < -0.3 is 19.0 Å². The summed E-state index contributed by atoms with van der Waals surface area (Å²) in [5.41, 5.74) is 3.08. The van der Waals surface area contributed by atoms with Crippen molar-refractivity contribution < 1.29 is 19.0 Å². The highest BCUT2D eigenvalue weighted by Gasteiger charge is 2.35. The molecular weight excluding hydrogens is 396 g/mol. The van der Waals surface area contributed by atoms with Crippen molar-refractivity contribution in [2.45, 2.75) is 5.92 Å².